The summed E-state index contributed by atoms with van der Waals surface area (Å²) in [5.41, 5.74) is 0.465. The number of carboxylic acids is 1. The third kappa shape index (κ3) is 2.30. The fraction of sp³-hybridized carbons (Fsp3) is 0.231. The number of ketones is 1. The van der Waals surface area contributed by atoms with Gasteiger partial charge in [-0.1, -0.05) is 6.07 Å². The van der Waals surface area contributed by atoms with Gasteiger partial charge in [-0.3, -0.25) is 9.59 Å². The highest BCUT2D eigenvalue weighted by atomic mass is 19.2. The van der Waals surface area contributed by atoms with Gasteiger partial charge in [-0.25, -0.2) is 8.78 Å². The first-order valence-electron chi connectivity index (χ1n) is 5.41. The fourth-order valence-electron chi connectivity index (χ4n) is 2.01. The van der Waals surface area contributed by atoms with Crippen molar-refractivity contribution >= 4 is 17.3 Å². The van der Waals surface area contributed by atoms with Crippen LogP contribution in [0.25, 0.3) is 5.57 Å². The predicted molar refractivity (Wildman–Crippen MR) is 59.7 cm³/mol. The molecule has 0 fully saturated rings. The van der Waals surface area contributed by atoms with E-state index in [1.807, 2.05) is 0 Å². The van der Waals surface area contributed by atoms with E-state index < -0.39 is 23.5 Å². The molecule has 0 radical (unpaired) electrons. The molecule has 0 aromatic heterocycles. The van der Waals surface area contributed by atoms with Crippen LogP contribution in [0.2, 0.25) is 0 Å². The summed E-state index contributed by atoms with van der Waals surface area (Å²) in [6, 6.07) is 3.11. The van der Waals surface area contributed by atoms with Gasteiger partial charge in [0.05, 0.1) is 5.92 Å². The molecule has 94 valence electrons. The van der Waals surface area contributed by atoms with E-state index in [-0.39, 0.29) is 29.8 Å². The molecule has 0 aliphatic heterocycles. The van der Waals surface area contributed by atoms with Gasteiger partial charge in [-0.2, -0.15) is 0 Å². The van der Waals surface area contributed by atoms with E-state index >= 15 is 0 Å². The molecule has 0 amide bonds. The van der Waals surface area contributed by atoms with Gasteiger partial charge in [0, 0.05) is 6.42 Å². The van der Waals surface area contributed by atoms with E-state index in [1.165, 1.54) is 12.1 Å². The molecule has 1 N–H and O–H groups in total. The molecule has 0 heterocycles. The van der Waals surface area contributed by atoms with Crippen LogP contribution in [0.15, 0.2) is 24.3 Å². The number of hydrogen-bond acceptors (Lipinski definition) is 2. The van der Waals surface area contributed by atoms with Crippen molar-refractivity contribution in [2.45, 2.75) is 12.8 Å². The average Bonchev–Trinajstić information content (AvgIpc) is 2.32. The average molecular weight is 252 g/mol. The maximum absolute atomic E-state index is 13.1. The summed E-state index contributed by atoms with van der Waals surface area (Å²) in [6.07, 6.45) is 1.54. The van der Waals surface area contributed by atoms with Crippen molar-refractivity contribution in [1.29, 1.82) is 0 Å². The van der Waals surface area contributed by atoms with Crippen LogP contribution in [-0.4, -0.2) is 16.9 Å². The number of aliphatic carboxylic acids is 1. The Morgan fingerprint density at radius 3 is 2.61 bits per heavy atom. The summed E-state index contributed by atoms with van der Waals surface area (Å²) >= 11 is 0. The Morgan fingerprint density at radius 2 is 2.00 bits per heavy atom. The molecule has 1 aromatic carbocycles. The molecule has 2 rings (SSSR count). The van der Waals surface area contributed by atoms with Crippen molar-refractivity contribution in [2.75, 3.05) is 0 Å². The molecule has 1 aliphatic carbocycles. The van der Waals surface area contributed by atoms with Crippen LogP contribution < -0.4 is 0 Å². The second-order valence-corrected chi connectivity index (χ2v) is 4.12. The Hall–Kier alpha value is -2.04. The molecule has 0 bridgehead atoms. The van der Waals surface area contributed by atoms with Crippen molar-refractivity contribution < 1.29 is 23.5 Å². The summed E-state index contributed by atoms with van der Waals surface area (Å²) < 4.78 is 25.9. The van der Waals surface area contributed by atoms with Gasteiger partial charge < -0.3 is 5.11 Å². The van der Waals surface area contributed by atoms with E-state index in [0.29, 0.717) is 0 Å². The maximum Gasteiger partial charge on any atom is 0.311 e. The van der Waals surface area contributed by atoms with Gasteiger partial charge in [-0.15, -0.1) is 0 Å². The Bertz CT molecular complexity index is 549. The number of carboxylic acid groups (broad SMARTS) is 1. The summed E-state index contributed by atoms with van der Waals surface area (Å²) in [5, 5.41) is 9.06. The second-order valence-electron chi connectivity index (χ2n) is 4.12. The first kappa shape index (κ1) is 12.4. The summed E-state index contributed by atoms with van der Waals surface area (Å²) in [4.78, 5) is 22.4. The molecular formula is C13H10F2O3. The van der Waals surface area contributed by atoms with E-state index in [4.69, 9.17) is 5.11 Å². The van der Waals surface area contributed by atoms with Crippen LogP contribution in [0.4, 0.5) is 8.78 Å². The zero-order chi connectivity index (χ0) is 13.3. The maximum atomic E-state index is 13.1. The highest BCUT2D eigenvalue weighted by molar-refractivity contribution is 6.03. The van der Waals surface area contributed by atoms with Gasteiger partial charge >= 0.3 is 5.97 Å². The van der Waals surface area contributed by atoms with Crippen LogP contribution in [0.3, 0.4) is 0 Å². The molecule has 1 aromatic rings. The molecule has 0 spiro atoms. The smallest absolute Gasteiger partial charge is 0.311 e. The van der Waals surface area contributed by atoms with Crippen molar-refractivity contribution in [3.8, 4) is 0 Å². The van der Waals surface area contributed by atoms with Gasteiger partial charge in [0.15, 0.2) is 17.4 Å². The molecule has 18 heavy (non-hydrogen) atoms. The van der Waals surface area contributed by atoms with Gasteiger partial charge in [-0.05, 0) is 35.8 Å². The van der Waals surface area contributed by atoms with Crippen LogP contribution >= 0.6 is 0 Å². The van der Waals surface area contributed by atoms with Crippen LogP contribution in [-0.2, 0) is 9.59 Å². The highest BCUT2D eigenvalue weighted by Gasteiger charge is 2.28. The number of rotatable bonds is 2. The molecule has 1 atom stereocenters. The molecule has 5 heteroatoms. The lowest BCUT2D eigenvalue weighted by Crippen LogP contribution is -2.21. The van der Waals surface area contributed by atoms with Crippen molar-refractivity contribution in [1.82, 2.24) is 0 Å². The Balaban J connectivity index is 2.47. The molecule has 0 saturated carbocycles. The summed E-state index contributed by atoms with van der Waals surface area (Å²) in [5.74, 6) is -4.19. The topological polar surface area (TPSA) is 54.4 Å². The molecule has 0 saturated heterocycles. The standard InChI is InChI=1S/C13H10F2O3/c14-11-4-1-7(5-12(11)15)10-6-8(16)2-3-9(10)13(17)18/h1,4-6,9H,2-3H2,(H,17,18). The minimum Gasteiger partial charge on any atom is -0.481 e. The van der Waals surface area contributed by atoms with E-state index in [0.717, 1.165) is 12.1 Å². The fourth-order valence-corrected chi connectivity index (χ4v) is 2.01. The molecule has 1 aliphatic rings. The Morgan fingerprint density at radius 1 is 1.28 bits per heavy atom. The zero-order valence-electron chi connectivity index (χ0n) is 9.32. The van der Waals surface area contributed by atoms with Crippen LogP contribution in [0.5, 0.6) is 0 Å². The lowest BCUT2D eigenvalue weighted by atomic mass is 9.83. The lowest BCUT2D eigenvalue weighted by molar-refractivity contribution is -0.140. The second kappa shape index (κ2) is 4.68. The number of benzene rings is 1. The predicted octanol–water partition coefficient (Wildman–Crippen LogP) is 2.41. The number of carbonyl (C=O) groups is 2. The molecule has 3 nitrogen and oxygen atoms in total. The molecular weight excluding hydrogens is 242 g/mol. The first-order valence-corrected chi connectivity index (χ1v) is 5.41. The van der Waals surface area contributed by atoms with Crippen LogP contribution in [0, 0.1) is 17.6 Å². The van der Waals surface area contributed by atoms with E-state index in [1.54, 1.807) is 0 Å². The minimum absolute atomic E-state index is 0.157. The number of hydrogen-bond donors (Lipinski definition) is 1. The third-order valence-corrected chi connectivity index (χ3v) is 2.92. The quantitative estimate of drug-likeness (QED) is 0.879. The van der Waals surface area contributed by atoms with Crippen molar-refractivity contribution in [3.05, 3.63) is 41.5 Å². The van der Waals surface area contributed by atoms with Crippen molar-refractivity contribution in [3.63, 3.8) is 0 Å². The van der Waals surface area contributed by atoms with E-state index in [9.17, 15) is 18.4 Å². The summed E-state index contributed by atoms with van der Waals surface area (Å²) in [6.45, 7) is 0. The Labute approximate surface area is 102 Å². The Kier molecular flexibility index (Phi) is 3.23. The van der Waals surface area contributed by atoms with Crippen molar-refractivity contribution in [2.24, 2.45) is 5.92 Å². The monoisotopic (exact) mass is 252 g/mol. The zero-order valence-corrected chi connectivity index (χ0v) is 9.32. The number of carbonyl (C=O) groups excluding carboxylic acids is 1. The first-order chi connectivity index (χ1) is 8.49. The van der Waals surface area contributed by atoms with Crippen LogP contribution in [0.1, 0.15) is 18.4 Å². The third-order valence-electron chi connectivity index (χ3n) is 2.92. The highest BCUT2D eigenvalue weighted by Crippen LogP contribution is 2.32. The molecule has 1 unspecified atom stereocenters. The normalized spacial score (nSPS) is 19.6. The lowest BCUT2D eigenvalue weighted by Gasteiger charge is -2.20. The van der Waals surface area contributed by atoms with Gasteiger partial charge in [0.25, 0.3) is 0 Å². The van der Waals surface area contributed by atoms with Gasteiger partial charge in [0.1, 0.15) is 0 Å². The largest absolute Gasteiger partial charge is 0.481 e. The van der Waals surface area contributed by atoms with Gasteiger partial charge in [0.2, 0.25) is 0 Å². The summed E-state index contributed by atoms with van der Waals surface area (Å²) in [7, 11) is 0. The number of allylic oxidation sites excluding steroid dienone is 1. The number of halogens is 2. The van der Waals surface area contributed by atoms with E-state index in [2.05, 4.69) is 0 Å². The SMILES string of the molecule is O=C1C=C(c2ccc(F)c(F)c2)C(C(=O)O)CC1. The minimum atomic E-state index is -1.07.